The molecule has 1 fully saturated rings. The number of amidine groups is 1. The molecule has 4 heteroatoms. The molecule has 2 atom stereocenters. The summed E-state index contributed by atoms with van der Waals surface area (Å²) in [6.45, 7) is 6.66. The Kier molecular flexibility index (Phi) is 3.95. The van der Waals surface area contributed by atoms with Crippen molar-refractivity contribution in [1.82, 2.24) is 0 Å². The summed E-state index contributed by atoms with van der Waals surface area (Å²) in [5.74, 6) is 1.52. The molecule has 0 bridgehead atoms. The first kappa shape index (κ1) is 13.4. The lowest BCUT2D eigenvalue weighted by atomic mass is 9.91. The Hall–Kier alpha value is -1.03. The molecular formula is C14H20BrN3. The van der Waals surface area contributed by atoms with Gasteiger partial charge in [0.15, 0.2) is 0 Å². The minimum atomic E-state index is 0.142. The highest BCUT2D eigenvalue weighted by molar-refractivity contribution is 9.10. The van der Waals surface area contributed by atoms with E-state index in [2.05, 4.69) is 40.7 Å². The third-order valence-corrected chi connectivity index (χ3v) is 3.95. The zero-order valence-corrected chi connectivity index (χ0v) is 12.5. The van der Waals surface area contributed by atoms with Crippen LogP contribution in [-0.4, -0.2) is 18.9 Å². The normalized spacial score (nSPS) is 24.1. The molecule has 0 aliphatic carbocycles. The van der Waals surface area contributed by atoms with Crippen LogP contribution in [0.5, 0.6) is 0 Å². The molecule has 0 spiro atoms. The predicted octanol–water partition coefficient (Wildman–Crippen LogP) is 3.22. The van der Waals surface area contributed by atoms with E-state index in [1.165, 1.54) is 6.42 Å². The maximum Gasteiger partial charge on any atom is 0.124 e. The zero-order valence-electron chi connectivity index (χ0n) is 10.9. The van der Waals surface area contributed by atoms with Gasteiger partial charge in [-0.1, -0.05) is 29.8 Å². The summed E-state index contributed by atoms with van der Waals surface area (Å²) in [6, 6.07) is 5.93. The van der Waals surface area contributed by atoms with E-state index in [0.29, 0.717) is 11.8 Å². The lowest BCUT2D eigenvalue weighted by Crippen LogP contribution is -2.39. The fourth-order valence-corrected chi connectivity index (χ4v) is 3.20. The quantitative estimate of drug-likeness (QED) is 0.651. The molecule has 0 amide bonds. The van der Waals surface area contributed by atoms with Crippen molar-refractivity contribution >= 4 is 27.5 Å². The highest BCUT2D eigenvalue weighted by Gasteiger charge is 2.24. The molecule has 1 heterocycles. The number of nitrogen functional groups attached to an aromatic ring is 1. The van der Waals surface area contributed by atoms with Crippen LogP contribution in [-0.2, 0) is 0 Å². The molecule has 98 valence electrons. The van der Waals surface area contributed by atoms with E-state index in [4.69, 9.17) is 11.1 Å². The first-order chi connectivity index (χ1) is 8.47. The third kappa shape index (κ3) is 2.86. The van der Waals surface area contributed by atoms with Gasteiger partial charge >= 0.3 is 0 Å². The van der Waals surface area contributed by atoms with E-state index >= 15 is 0 Å². The largest absolute Gasteiger partial charge is 0.384 e. The first-order valence-corrected chi connectivity index (χ1v) is 7.15. The molecule has 2 unspecified atom stereocenters. The SMILES string of the molecule is CC1CC(C)CN(c2cc(Br)ccc2C(=N)N)C1. The Labute approximate surface area is 117 Å². The van der Waals surface area contributed by atoms with Crippen molar-refractivity contribution in [1.29, 1.82) is 5.41 Å². The zero-order chi connectivity index (χ0) is 13.3. The number of benzene rings is 1. The van der Waals surface area contributed by atoms with Gasteiger partial charge in [0.25, 0.3) is 0 Å². The maximum atomic E-state index is 7.70. The molecular weight excluding hydrogens is 290 g/mol. The van der Waals surface area contributed by atoms with Crippen molar-refractivity contribution in [3.05, 3.63) is 28.2 Å². The number of nitrogens with two attached hydrogens (primary N) is 1. The summed E-state index contributed by atoms with van der Waals surface area (Å²) in [6.07, 6.45) is 1.28. The Morgan fingerprint density at radius 3 is 2.50 bits per heavy atom. The van der Waals surface area contributed by atoms with Crippen LogP contribution in [0.15, 0.2) is 22.7 Å². The number of nitrogens with one attached hydrogen (secondary N) is 1. The third-order valence-electron chi connectivity index (χ3n) is 3.46. The van der Waals surface area contributed by atoms with Crippen molar-refractivity contribution in [3.8, 4) is 0 Å². The number of rotatable bonds is 2. The number of hydrogen-bond donors (Lipinski definition) is 2. The summed E-state index contributed by atoms with van der Waals surface area (Å²) >= 11 is 3.50. The monoisotopic (exact) mass is 309 g/mol. The van der Waals surface area contributed by atoms with Crippen LogP contribution >= 0.6 is 15.9 Å². The molecule has 1 aromatic rings. The summed E-state index contributed by atoms with van der Waals surface area (Å²) in [4.78, 5) is 2.36. The molecule has 3 nitrogen and oxygen atoms in total. The van der Waals surface area contributed by atoms with Crippen molar-refractivity contribution in [2.45, 2.75) is 20.3 Å². The van der Waals surface area contributed by atoms with Gasteiger partial charge in [-0.2, -0.15) is 0 Å². The first-order valence-electron chi connectivity index (χ1n) is 6.36. The van der Waals surface area contributed by atoms with Gasteiger partial charge in [-0.25, -0.2) is 0 Å². The van der Waals surface area contributed by atoms with Gasteiger partial charge in [-0.3, -0.25) is 5.41 Å². The average Bonchev–Trinajstić information content (AvgIpc) is 2.27. The molecule has 1 aliphatic heterocycles. The number of halogens is 1. The topological polar surface area (TPSA) is 53.1 Å². The van der Waals surface area contributed by atoms with Crippen molar-refractivity contribution < 1.29 is 0 Å². The van der Waals surface area contributed by atoms with Gasteiger partial charge in [0, 0.05) is 28.8 Å². The number of anilines is 1. The molecule has 0 radical (unpaired) electrons. The van der Waals surface area contributed by atoms with Crippen LogP contribution in [0.3, 0.4) is 0 Å². The highest BCUT2D eigenvalue weighted by Crippen LogP contribution is 2.30. The van der Waals surface area contributed by atoms with Gasteiger partial charge in [-0.15, -0.1) is 0 Å². The van der Waals surface area contributed by atoms with Crippen LogP contribution < -0.4 is 10.6 Å². The summed E-state index contributed by atoms with van der Waals surface area (Å²) in [5.41, 5.74) is 7.59. The van der Waals surface area contributed by atoms with Crippen molar-refractivity contribution in [2.75, 3.05) is 18.0 Å². The Morgan fingerprint density at radius 1 is 1.33 bits per heavy atom. The Morgan fingerprint density at radius 2 is 1.94 bits per heavy atom. The summed E-state index contributed by atoms with van der Waals surface area (Å²) < 4.78 is 1.04. The van der Waals surface area contributed by atoms with Gasteiger partial charge in [0.2, 0.25) is 0 Å². The Balaban J connectivity index is 2.36. The minimum absolute atomic E-state index is 0.142. The van der Waals surface area contributed by atoms with E-state index in [1.807, 2.05) is 12.1 Å². The molecule has 2 rings (SSSR count). The molecule has 0 aromatic heterocycles. The van der Waals surface area contributed by atoms with E-state index in [0.717, 1.165) is 28.8 Å². The smallest absolute Gasteiger partial charge is 0.124 e. The number of hydrogen-bond acceptors (Lipinski definition) is 2. The minimum Gasteiger partial charge on any atom is -0.384 e. The molecule has 18 heavy (non-hydrogen) atoms. The van der Waals surface area contributed by atoms with Crippen LogP contribution in [0.1, 0.15) is 25.8 Å². The van der Waals surface area contributed by atoms with Crippen molar-refractivity contribution in [3.63, 3.8) is 0 Å². The summed E-state index contributed by atoms with van der Waals surface area (Å²) in [5, 5.41) is 7.70. The van der Waals surface area contributed by atoms with E-state index in [-0.39, 0.29) is 5.84 Å². The van der Waals surface area contributed by atoms with Crippen molar-refractivity contribution in [2.24, 2.45) is 17.6 Å². The van der Waals surface area contributed by atoms with E-state index in [1.54, 1.807) is 0 Å². The maximum absolute atomic E-state index is 7.70. The summed E-state index contributed by atoms with van der Waals surface area (Å²) in [7, 11) is 0. The second-order valence-electron chi connectivity index (χ2n) is 5.43. The lowest BCUT2D eigenvalue weighted by molar-refractivity contribution is 0.357. The fraction of sp³-hybridized carbons (Fsp3) is 0.500. The average molecular weight is 310 g/mol. The van der Waals surface area contributed by atoms with E-state index in [9.17, 15) is 0 Å². The van der Waals surface area contributed by atoms with Gasteiger partial charge in [0.05, 0.1) is 0 Å². The molecule has 3 N–H and O–H groups in total. The second kappa shape index (κ2) is 5.31. The molecule has 1 aromatic carbocycles. The van der Waals surface area contributed by atoms with Crippen LogP contribution in [0, 0.1) is 17.2 Å². The van der Waals surface area contributed by atoms with Gasteiger partial charge in [-0.05, 0) is 36.5 Å². The van der Waals surface area contributed by atoms with Crippen LogP contribution in [0.2, 0.25) is 0 Å². The fourth-order valence-electron chi connectivity index (χ4n) is 2.85. The Bertz CT molecular complexity index is 448. The second-order valence-corrected chi connectivity index (χ2v) is 6.34. The van der Waals surface area contributed by atoms with E-state index < -0.39 is 0 Å². The van der Waals surface area contributed by atoms with Gasteiger partial charge in [0.1, 0.15) is 5.84 Å². The number of nitrogens with zero attached hydrogens (tertiary/aromatic N) is 1. The predicted molar refractivity (Wildman–Crippen MR) is 80.3 cm³/mol. The lowest BCUT2D eigenvalue weighted by Gasteiger charge is -2.37. The van der Waals surface area contributed by atoms with Crippen LogP contribution in [0.25, 0.3) is 0 Å². The standard InChI is InChI=1S/C14H20BrN3/c1-9-5-10(2)8-18(7-9)13-6-11(15)3-4-12(13)14(16)17/h3-4,6,9-10H,5,7-8H2,1-2H3,(H3,16,17). The van der Waals surface area contributed by atoms with Crippen LogP contribution in [0.4, 0.5) is 5.69 Å². The highest BCUT2D eigenvalue weighted by atomic mass is 79.9. The molecule has 1 aliphatic rings. The number of piperidine rings is 1. The molecule has 1 saturated heterocycles. The molecule has 0 saturated carbocycles. The van der Waals surface area contributed by atoms with Gasteiger partial charge < -0.3 is 10.6 Å².